The Bertz CT molecular complexity index is 843. The predicted octanol–water partition coefficient (Wildman–Crippen LogP) is 5.40. The Balaban J connectivity index is 1.65. The van der Waals surface area contributed by atoms with Gasteiger partial charge in [0.25, 0.3) is 0 Å². The van der Waals surface area contributed by atoms with E-state index in [0.717, 1.165) is 11.1 Å². The van der Waals surface area contributed by atoms with E-state index in [4.69, 9.17) is 16.0 Å². The summed E-state index contributed by atoms with van der Waals surface area (Å²) in [6, 6.07) is 18.0. The van der Waals surface area contributed by atoms with E-state index in [1.165, 1.54) is 32.1 Å². The third-order valence-electron chi connectivity index (χ3n) is 4.90. The summed E-state index contributed by atoms with van der Waals surface area (Å²) in [5.74, 6) is 1.12. The molecule has 0 amide bonds. The number of rotatable bonds is 5. The summed E-state index contributed by atoms with van der Waals surface area (Å²) in [5, 5.41) is 13.0. The number of halogens is 1. The summed E-state index contributed by atoms with van der Waals surface area (Å²) in [4.78, 5) is 0. The summed E-state index contributed by atoms with van der Waals surface area (Å²) in [5.41, 5.74) is 1.97. The van der Waals surface area contributed by atoms with Crippen molar-refractivity contribution in [3.63, 3.8) is 0 Å². The molecule has 1 N–H and O–H groups in total. The van der Waals surface area contributed by atoms with Crippen molar-refractivity contribution in [1.82, 2.24) is 15.5 Å². The van der Waals surface area contributed by atoms with Crippen LogP contribution in [-0.2, 0) is 0 Å². The molecule has 1 atom stereocenters. The number of hydrogen-bond acceptors (Lipinski definition) is 4. The normalized spacial score (nSPS) is 16.5. The van der Waals surface area contributed by atoms with Crippen molar-refractivity contribution in [2.45, 2.75) is 44.2 Å². The molecule has 0 saturated heterocycles. The van der Waals surface area contributed by atoms with Crippen LogP contribution in [0.25, 0.3) is 11.5 Å². The lowest BCUT2D eigenvalue weighted by Crippen LogP contribution is -2.35. The minimum atomic E-state index is -0.151. The smallest absolute Gasteiger partial charge is 0.247 e. The Kier molecular flexibility index (Phi) is 5.32. The van der Waals surface area contributed by atoms with E-state index in [1.54, 1.807) is 0 Å². The molecule has 4 rings (SSSR count). The second-order valence-electron chi connectivity index (χ2n) is 6.80. The lowest BCUT2D eigenvalue weighted by atomic mass is 9.94. The van der Waals surface area contributed by atoms with Crippen molar-refractivity contribution in [2.24, 2.45) is 0 Å². The van der Waals surface area contributed by atoms with Crippen LogP contribution in [-0.4, -0.2) is 16.2 Å². The highest BCUT2D eigenvalue weighted by Gasteiger charge is 2.25. The van der Waals surface area contributed by atoms with Crippen LogP contribution in [0.15, 0.2) is 59.0 Å². The van der Waals surface area contributed by atoms with Crippen LogP contribution in [0.4, 0.5) is 0 Å². The number of benzene rings is 2. The fourth-order valence-corrected chi connectivity index (χ4v) is 3.75. The summed E-state index contributed by atoms with van der Waals surface area (Å²) in [6.45, 7) is 0. The minimum absolute atomic E-state index is 0.151. The van der Waals surface area contributed by atoms with Gasteiger partial charge < -0.3 is 4.42 Å². The molecule has 134 valence electrons. The van der Waals surface area contributed by atoms with E-state index >= 15 is 0 Å². The van der Waals surface area contributed by atoms with Crippen LogP contribution in [0.2, 0.25) is 5.02 Å². The minimum Gasteiger partial charge on any atom is -0.419 e. The van der Waals surface area contributed by atoms with Crippen LogP contribution in [0.5, 0.6) is 0 Å². The van der Waals surface area contributed by atoms with E-state index in [1.807, 2.05) is 48.5 Å². The van der Waals surface area contributed by atoms with Gasteiger partial charge in [0.15, 0.2) is 0 Å². The lowest BCUT2D eigenvalue weighted by molar-refractivity contribution is 0.329. The van der Waals surface area contributed by atoms with E-state index in [0.29, 0.717) is 22.8 Å². The highest BCUT2D eigenvalue weighted by molar-refractivity contribution is 6.30. The van der Waals surface area contributed by atoms with Gasteiger partial charge in [0.2, 0.25) is 11.8 Å². The second-order valence-corrected chi connectivity index (χ2v) is 7.24. The lowest BCUT2D eigenvalue weighted by Gasteiger charge is -2.27. The SMILES string of the molecule is Clc1cccc([C@H](NC2CCCCC2)c2nnc(-c3ccccc3)o2)c1. The molecule has 0 aliphatic heterocycles. The molecule has 1 aliphatic rings. The van der Waals surface area contributed by atoms with Crippen molar-refractivity contribution in [3.8, 4) is 11.5 Å². The fraction of sp³-hybridized carbons (Fsp3) is 0.333. The number of hydrogen-bond donors (Lipinski definition) is 1. The first-order valence-electron chi connectivity index (χ1n) is 9.20. The van der Waals surface area contributed by atoms with Gasteiger partial charge in [-0.2, -0.15) is 0 Å². The van der Waals surface area contributed by atoms with Crippen molar-refractivity contribution in [1.29, 1.82) is 0 Å². The molecular weight excluding hydrogens is 346 g/mol. The highest BCUT2D eigenvalue weighted by Crippen LogP contribution is 2.29. The van der Waals surface area contributed by atoms with Gasteiger partial charge >= 0.3 is 0 Å². The van der Waals surface area contributed by atoms with E-state index in [2.05, 4.69) is 21.6 Å². The zero-order chi connectivity index (χ0) is 17.8. The van der Waals surface area contributed by atoms with Gasteiger partial charge in [0.05, 0.1) is 0 Å². The average molecular weight is 368 g/mol. The summed E-state index contributed by atoms with van der Waals surface area (Å²) in [7, 11) is 0. The van der Waals surface area contributed by atoms with Gasteiger partial charge in [-0.25, -0.2) is 0 Å². The number of nitrogens with one attached hydrogen (secondary N) is 1. The first-order valence-corrected chi connectivity index (χ1v) is 9.58. The van der Waals surface area contributed by atoms with Crippen molar-refractivity contribution >= 4 is 11.6 Å². The molecule has 0 bridgehead atoms. The maximum Gasteiger partial charge on any atom is 0.247 e. The van der Waals surface area contributed by atoms with Crippen LogP contribution >= 0.6 is 11.6 Å². The molecule has 1 fully saturated rings. The molecule has 3 aromatic rings. The Labute approximate surface area is 158 Å². The molecule has 2 aromatic carbocycles. The van der Waals surface area contributed by atoms with Crippen LogP contribution in [0.3, 0.4) is 0 Å². The molecule has 26 heavy (non-hydrogen) atoms. The van der Waals surface area contributed by atoms with E-state index in [9.17, 15) is 0 Å². The molecule has 4 nitrogen and oxygen atoms in total. The summed E-state index contributed by atoms with van der Waals surface area (Å²) < 4.78 is 6.04. The Hall–Kier alpha value is -2.17. The van der Waals surface area contributed by atoms with Gasteiger partial charge in [-0.3, -0.25) is 5.32 Å². The van der Waals surface area contributed by atoms with Gasteiger partial charge in [-0.1, -0.05) is 61.2 Å². The molecular formula is C21H22ClN3O. The maximum absolute atomic E-state index is 6.23. The predicted molar refractivity (Wildman–Crippen MR) is 103 cm³/mol. The van der Waals surface area contributed by atoms with E-state index < -0.39 is 0 Å². The van der Waals surface area contributed by atoms with Gasteiger partial charge in [-0.05, 0) is 42.7 Å². The van der Waals surface area contributed by atoms with Crippen LogP contribution in [0.1, 0.15) is 49.6 Å². The monoisotopic (exact) mass is 367 g/mol. The van der Waals surface area contributed by atoms with E-state index in [-0.39, 0.29) is 6.04 Å². The van der Waals surface area contributed by atoms with Crippen molar-refractivity contribution < 1.29 is 4.42 Å². The maximum atomic E-state index is 6.23. The quantitative estimate of drug-likeness (QED) is 0.655. The van der Waals surface area contributed by atoms with Gasteiger partial charge in [-0.15, -0.1) is 10.2 Å². The van der Waals surface area contributed by atoms with Gasteiger partial charge in [0, 0.05) is 16.6 Å². The van der Waals surface area contributed by atoms with Gasteiger partial charge in [0.1, 0.15) is 6.04 Å². The molecule has 1 aliphatic carbocycles. The number of aromatic nitrogens is 2. The first kappa shape index (κ1) is 17.3. The van der Waals surface area contributed by atoms with Crippen LogP contribution in [0, 0.1) is 0 Å². The molecule has 1 heterocycles. The Morgan fingerprint density at radius 3 is 2.54 bits per heavy atom. The molecule has 0 spiro atoms. The Morgan fingerprint density at radius 1 is 0.962 bits per heavy atom. The molecule has 0 radical (unpaired) electrons. The molecule has 5 heteroatoms. The largest absolute Gasteiger partial charge is 0.419 e. The third-order valence-corrected chi connectivity index (χ3v) is 5.13. The summed E-state index contributed by atoms with van der Waals surface area (Å²) in [6.07, 6.45) is 6.20. The van der Waals surface area contributed by atoms with Crippen LogP contribution < -0.4 is 5.32 Å². The highest BCUT2D eigenvalue weighted by atomic mass is 35.5. The summed E-state index contributed by atoms with van der Waals surface area (Å²) >= 11 is 6.23. The van der Waals surface area contributed by atoms with Crippen molar-refractivity contribution in [2.75, 3.05) is 0 Å². The standard InChI is InChI=1S/C21H22ClN3O/c22-17-11-7-10-16(14-17)19(23-18-12-5-2-6-13-18)21-25-24-20(26-21)15-8-3-1-4-9-15/h1,3-4,7-11,14,18-19,23H,2,5-6,12-13H2/t19-/m0/s1. The third kappa shape index (κ3) is 3.97. The second kappa shape index (κ2) is 8.02. The topological polar surface area (TPSA) is 51.0 Å². The van der Waals surface area contributed by atoms with Crippen molar-refractivity contribution in [3.05, 3.63) is 71.1 Å². The zero-order valence-electron chi connectivity index (χ0n) is 14.6. The average Bonchev–Trinajstić information content (AvgIpc) is 3.17. The zero-order valence-corrected chi connectivity index (χ0v) is 15.3. The first-order chi connectivity index (χ1) is 12.8. The molecule has 1 saturated carbocycles. The molecule has 0 unspecified atom stereocenters. The number of nitrogens with zero attached hydrogens (tertiary/aromatic N) is 2. The fourth-order valence-electron chi connectivity index (χ4n) is 3.55. The molecule has 1 aromatic heterocycles. The Morgan fingerprint density at radius 2 is 1.77 bits per heavy atom.